The van der Waals surface area contributed by atoms with Crippen LogP contribution < -0.4 is 4.72 Å². The summed E-state index contributed by atoms with van der Waals surface area (Å²) in [5.74, 6) is -0.641. The monoisotopic (exact) mass is 316 g/mol. The molecule has 0 unspecified atom stereocenters. The molecule has 0 aliphatic heterocycles. The highest BCUT2D eigenvalue weighted by atomic mass is 32.2. The molecule has 112 valence electrons. The number of carbonyl (C=O) groups excluding carboxylic acids is 1. The van der Waals surface area contributed by atoms with Crippen molar-refractivity contribution in [1.29, 1.82) is 0 Å². The number of rotatable bonds is 6. The molecule has 0 spiro atoms. The van der Waals surface area contributed by atoms with Crippen LogP contribution in [0.4, 0.5) is 8.78 Å². The van der Waals surface area contributed by atoms with Crippen LogP contribution in [0.5, 0.6) is 0 Å². The van der Waals surface area contributed by atoms with Crippen molar-refractivity contribution in [3.05, 3.63) is 47.3 Å². The Balaban J connectivity index is 2.16. The fourth-order valence-corrected chi connectivity index (χ4v) is 2.76. The van der Waals surface area contributed by atoms with E-state index in [0.29, 0.717) is 6.29 Å². The average Bonchev–Trinajstić information content (AvgIpc) is 2.94. The van der Waals surface area contributed by atoms with Gasteiger partial charge in [0.25, 0.3) is 6.43 Å². The molecule has 9 heteroatoms. The van der Waals surface area contributed by atoms with Crippen LogP contribution in [0, 0.1) is 0 Å². The number of carbonyl (C=O) groups is 1. The van der Waals surface area contributed by atoms with Gasteiger partial charge >= 0.3 is 0 Å². The quantitative estimate of drug-likeness (QED) is 0.822. The molecule has 0 aliphatic rings. The summed E-state index contributed by atoms with van der Waals surface area (Å²) in [6.07, 6.45) is -2.40. The van der Waals surface area contributed by atoms with E-state index in [2.05, 4.69) is 14.4 Å². The van der Waals surface area contributed by atoms with Crippen molar-refractivity contribution in [3.63, 3.8) is 0 Å². The number of nitrogens with one attached hydrogen (secondary N) is 1. The van der Waals surface area contributed by atoms with Crippen molar-refractivity contribution in [1.82, 2.24) is 9.88 Å². The van der Waals surface area contributed by atoms with Gasteiger partial charge in [-0.05, 0) is 6.07 Å². The Labute approximate surface area is 118 Å². The number of halogens is 2. The topological polar surface area (TPSA) is 89.3 Å². The molecule has 0 saturated heterocycles. The second kappa shape index (κ2) is 6.10. The number of hydrogen-bond acceptors (Lipinski definition) is 5. The summed E-state index contributed by atoms with van der Waals surface area (Å²) < 4.78 is 55.2. The first-order chi connectivity index (χ1) is 9.94. The zero-order chi connectivity index (χ0) is 15.5. The Morgan fingerprint density at radius 1 is 1.33 bits per heavy atom. The molecule has 0 bridgehead atoms. The lowest BCUT2D eigenvalue weighted by atomic mass is 10.2. The smallest absolute Gasteiger partial charge is 0.298 e. The Morgan fingerprint density at radius 3 is 2.67 bits per heavy atom. The molecule has 0 amide bonds. The number of hydrogen-bond donors (Lipinski definition) is 1. The van der Waals surface area contributed by atoms with Gasteiger partial charge in [-0.1, -0.05) is 23.4 Å². The number of benzene rings is 1. The molecule has 0 aliphatic carbocycles. The van der Waals surface area contributed by atoms with Gasteiger partial charge in [0.1, 0.15) is 0 Å². The maximum atomic E-state index is 12.3. The van der Waals surface area contributed by atoms with Gasteiger partial charge in [-0.25, -0.2) is 21.9 Å². The van der Waals surface area contributed by atoms with Crippen LogP contribution in [0.2, 0.25) is 0 Å². The summed E-state index contributed by atoms with van der Waals surface area (Å²) in [6.45, 7) is -0.328. The lowest BCUT2D eigenvalue weighted by molar-refractivity contribution is 0.111. The number of sulfonamides is 1. The highest BCUT2D eigenvalue weighted by Gasteiger charge is 2.19. The third-order valence-corrected chi connectivity index (χ3v) is 4.05. The molecule has 21 heavy (non-hydrogen) atoms. The van der Waals surface area contributed by atoms with Gasteiger partial charge in [0.15, 0.2) is 6.29 Å². The minimum Gasteiger partial charge on any atom is -0.355 e. The first-order valence-corrected chi connectivity index (χ1v) is 7.20. The van der Waals surface area contributed by atoms with Gasteiger partial charge in [0.05, 0.1) is 17.1 Å². The van der Waals surface area contributed by atoms with Crippen LogP contribution in [0.1, 0.15) is 28.2 Å². The maximum Gasteiger partial charge on any atom is 0.298 e. The van der Waals surface area contributed by atoms with E-state index in [-0.39, 0.29) is 22.7 Å². The van der Waals surface area contributed by atoms with Gasteiger partial charge in [0.2, 0.25) is 15.8 Å². The molecule has 1 heterocycles. The largest absolute Gasteiger partial charge is 0.355 e. The van der Waals surface area contributed by atoms with Crippen molar-refractivity contribution in [2.45, 2.75) is 17.9 Å². The highest BCUT2D eigenvalue weighted by molar-refractivity contribution is 7.89. The van der Waals surface area contributed by atoms with Crippen LogP contribution in [-0.4, -0.2) is 19.9 Å². The zero-order valence-electron chi connectivity index (χ0n) is 10.5. The molecule has 0 radical (unpaired) electrons. The van der Waals surface area contributed by atoms with E-state index in [1.54, 1.807) is 0 Å². The Bertz CT molecular complexity index is 743. The van der Waals surface area contributed by atoms with E-state index in [4.69, 9.17) is 0 Å². The molecular weight excluding hydrogens is 306 g/mol. The lowest BCUT2D eigenvalue weighted by Crippen LogP contribution is -2.24. The molecule has 1 aromatic carbocycles. The minimum atomic E-state index is -3.96. The predicted octanol–water partition coefficient (Wildman–Crippen LogP) is 1.90. The number of alkyl halides is 2. The zero-order valence-corrected chi connectivity index (χ0v) is 11.3. The Morgan fingerprint density at radius 2 is 2.05 bits per heavy atom. The molecule has 1 aromatic heterocycles. The third kappa shape index (κ3) is 3.50. The van der Waals surface area contributed by atoms with Crippen molar-refractivity contribution < 1.29 is 26.5 Å². The SMILES string of the molecule is O=Cc1ccccc1S(=O)(=O)NCc1cc(C(F)F)on1. The van der Waals surface area contributed by atoms with Crippen LogP contribution in [-0.2, 0) is 16.6 Å². The number of aromatic nitrogens is 1. The van der Waals surface area contributed by atoms with E-state index in [0.717, 1.165) is 6.07 Å². The fraction of sp³-hybridized carbons (Fsp3) is 0.167. The molecule has 1 N–H and O–H groups in total. The van der Waals surface area contributed by atoms with E-state index in [1.807, 2.05) is 0 Å². The molecule has 6 nitrogen and oxygen atoms in total. The molecule has 0 fully saturated rings. The highest BCUT2D eigenvalue weighted by Crippen LogP contribution is 2.19. The van der Waals surface area contributed by atoms with Crippen LogP contribution in [0.25, 0.3) is 0 Å². The number of nitrogens with zero attached hydrogens (tertiary/aromatic N) is 1. The minimum absolute atomic E-state index is 0.00146. The summed E-state index contributed by atoms with van der Waals surface area (Å²) >= 11 is 0. The summed E-state index contributed by atoms with van der Waals surface area (Å²) in [5.41, 5.74) is 0.0101. The summed E-state index contributed by atoms with van der Waals surface area (Å²) in [4.78, 5) is 10.6. The van der Waals surface area contributed by atoms with Crippen molar-refractivity contribution in [2.24, 2.45) is 0 Å². The van der Waals surface area contributed by atoms with Crippen molar-refractivity contribution in [3.8, 4) is 0 Å². The van der Waals surface area contributed by atoms with Crippen LogP contribution in [0.15, 0.2) is 39.8 Å². The standard InChI is InChI=1S/C12H10F2N2O4S/c13-12(14)10-5-9(16-20-10)6-15-21(18,19)11-4-2-1-3-8(11)7-17/h1-5,7,12,15H,6H2. The summed E-state index contributed by atoms with van der Waals surface area (Å²) in [6, 6.07) is 6.56. The van der Waals surface area contributed by atoms with E-state index >= 15 is 0 Å². The van der Waals surface area contributed by atoms with E-state index < -0.39 is 22.2 Å². The third-order valence-electron chi connectivity index (χ3n) is 2.57. The van der Waals surface area contributed by atoms with Gasteiger partial charge in [-0.2, -0.15) is 0 Å². The molecule has 0 atom stereocenters. The molecular formula is C12H10F2N2O4S. The second-order valence-corrected chi connectivity index (χ2v) is 5.74. The second-order valence-electron chi connectivity index (χ2n) is 4.00. The number of aldehydes is 1. The first-order valence-electron chi connectivity index (χ1n) is 5.71. The normalized spacial score (nSPS) is 11.8. The maximum absolute atomic E-state index is 12.3. The van der Waals surface area contributed by atoms with Crippen LogP contribution >= 0.6 is 0 Å². The van der Waals surface area contributed by atoms with Gasteiger partial charge < -0.3 is 4.52 Å². The van der Waals surface area contributed by atoms with Crippen LogP contribution in [0.3, 0.4) is 0 Å². The molecule has 2 rings (SSSR count). The van der Waals surface area contributed by atoms with Crippen molar-refractivity contribution >= 4 is 16.3 Å². The van der Waals surface area contributed by atoms with Crippen molar-refractivity contribution in [2.75, 3.05) is 0 Å². The van der Waals surface area contributed by atoms with Gasteiger partial charge in [-0.15, -0.1) is 0 Å². The summed E-state index contributed by atoms with van der Waals surface area (Å²) in [7, 11) is -3.96. The van der Waals surface area contributed by atoms with Gasteiger partial charge in [0, 0.05) is 11.6 Å². The predicted molar refractivity (Wildman–Crippen MR) is 67.3 cm³/mol. The van der Waals surface area contributed by atoms with E-state index in [9.17, 15) is 22.0 Å². The van der Waals surface area contributed by atoms with E-state index in [1.165, 1.54) is 24.3 Å². The molecule has 0 saturated carbocycles. The fourth-order valence-electron chi connectivity index (χ4n) is 1.58. The average molecular weight is 316 g/mol. The summed E-state index contributed by atoms with van der Waals surface area (Å²) in [5, 5.41) is 3.33. The Kier molecular flexibility index (Phi) is 4.43. The van der Waals surface area contributed by atoms with Gasteiger partial charge in [-0.3, -0.25) is 4.79 Å². The first kappa shape index (κ1) is 15.3. The lowest BCUT2D eigenvalue weighted by Gasteiger charge is -2.06. The molecule has 2 aromatic rings. The Hall–Kier alpha value is -2.13.